The lowest BCUT2D eigenvalue weighted by Crippen LogP contribution is -1.96. The van der Waals surface area contributed by atoms with E-state index in [9.17, 15) is 0 Å². The van der Waals surface area contributed by atoms with Crippen molar-refractivity contribution >= 4 is 21.9 Å². The summed E-state index contributed by atoms with van der Waals surface area (Å²) in [6.07, 6.45) is 3.57. The number of nitrogens with zero attached hydrogens (tertiary/aromatic N) is 4. The van der Waals surface area contributed by atoms with Crippen LogP contribution in [0.3, 0.4) is 0 Å². The Hall–Kier alpha value is -3.53. The number of para-hydroxylation sites is 1. The molecule has 4 heteroatoms. The standard InChI is InChI=1S/C25H22N4/c1-4-29-23-11-6-5-10-19(23)20-12-18(14-26-25(20)29)21-13-22(28-15-27-21)24-16(2)8-7-9-17(24)3/h5-15H,4H2,1-3H3. The van der Waals surface area contributed by atoms with Crippen molar-refractivity contribution < 1.29 is 0 Å². The van der Waals surface area contributed by atoms with Gasteiger partial charge in [0.2, 0.25) is 0 Å². The summed E-state index contributed by atoms with van der Waals surface area (Å²) in [5.41, 5.74) is 8.68. The summed E-state index contributed by atoms with van der Waals surface area (Å²) in [6, 6.07) is 19.1. The summed E-state index contributed by atoms with van der Waals surface area (Å²) in [5, 5.41) is 2.38. The van der Waals surface area contributed by atoms with E-state index in [1.807, 2.05) is 6.20 Å². The lowest BCUT2D eigenvalue weighted by molar-refractivity contribution is 0.816. The number of pyridine rings is 1. The van der Waals surface area contributed by atoms with Gasteiger partial charge in [0.25, 0.3) is 0 Å². The first kappa shape index (κ1) is 17.6. The Morgan fingerprint density at radius 1 is 0.793 bits per heavy atom. The minimum Gasteiger partial charge on any atom is -0.326 e. The monoisotopic (exact) mass is 378 g/mol. The molecule has 0 aliphatic rings. The second kappa shape index (κ2) is 6.82. The molecule has 0 bridgehead atoms. The smallest absolute Gasteiger partial charge is 0.140 e. The maximum Gasteiger partial charge on any atom is 0.140 e. The molecule has 0 aliphatic carbocycles. The topological polar surface area (TPSA) is 43.6 Å². The molecule has 0 spiro atoms. The van der Waals surface area contributed by atoms with E-state index in [1.165, 1.54) is 27.6 Å². The molecular weight excluding hydrogens is 356 g/mol. The van der Waals surface area contributed by atoms with E-state index in [1.54, 1.807) is 6.33 Å². The predicted molar refractivity (Wildman–Crippen MR) is 119 cm³/mol. The summed E-state index contributed by atoms with van der Waals surface area (Å²) < 4.78 is 2.26. The quantitative estimate of drug-likeness (QED) is 0.390. The molecule has 0 amide bonds. The van der Waals surface area contributed by atoms with Gasteiger partial charge < -0.3 is 4.57 Å². The van der Waals surface area contributed by atoms with Crippen LogP contribution in [0.15, 0.2) is 67.1 Å². The fourth-order valence-corrected chi connectivity index (χ4v) is 4.25. The van der Waals surface area contributed by atoms with Crippen LogP contribution in [0.5, 0.6) is 0 Å². The third-order valence-corrected chi connectivity index (χ3v) is 5.62. The SMILES string of the molecule is CCn1c2ccccc2c2cc(-c3cc(-c4c(C)cccc4C)ncn3)cnc21. The highest BCUT2D eigenvalue weighted by molar-refractivity contribution is 6.07. The van der Waals surface area contributed by atoms with E-state index in [2.05, 4.69) is 89.9 Å². The van der Waals surface area contributed by atoms with Gasteiger partial charge in [-0.2, -0.15) is 0 Å². The molecule has 0 fully saturated rings. The zero-order chi connectivity index (χ0) is 20.0. The second-order valence-corrected chi connectivity index (χ2v) is 7.41. The molecule has 0 N–H and O–H groups in total. The fraction of sp³-hybridized carbons (Fsp3) is 0.160. The number of fused-ring (bicyclic) bond motifs is 3. The van der Waals surface area contributed by atoms with Crippen LogP contribution in [0, 0.1) is 13.8 Å². The molecule has 142 valence electrons. The molecule has 0 unspecified atom stereocenters. The minimum atomic E-state index is 0.889. The minimum absolute atomic E-state index is 0.889. The Morgan fingerprint density at radius 2 is 1.55 bits per heavy atom. The van der Waals surface area contributed by atoms with Gasteiger partial charge in [0, 0.05) is 34.6 Å². The predicted octanol–water partition coefficient (Wildman–Crippen LogP) is 5.95. The Balaban J connectivity index is 1.70. The van der Waals surface area contributed by atoms with E-state index in [0.29, 0.717) is 0 Å². The average Bonchev–Trinajstić information content (AvgIpc) is 3.07. The van der Waals surface area contributed by atoms with Crippen LogP contribution in [0.1, 0.15) is 18.1 Å². The van der Waals surface area contributed by atoms with E-state index < -0.39 is 0 Å². The van der Waals surface area contributed by atoms with Crippen molar-refractivity contribution in [1.82, 2.24) is 19.5 Å². The highest BCUT2D eigenvalue weighted by atomic mass is 15.0. The average molecular weight is 378 g/mol. The zero-order valence-electron chi connectivity index (χ0n) is 16.8. The van der Waals surface area contributed by atoms with E-state index in [4.69, 9.17) is 4.98 Å². The van der Waals surface area contributed by atoms with Crippen LogP contribution in [0.4, 0.5) is 0 Å². The molecule has 0 saturated carbocycles. The van der Waals surface area contributed by atoms with Gasteiger partial charge in [0.05, 0.1) is 16.9 Å². The Labute approximate surface area is 169 Å². The normalized spacial score (nSPS) is 11.4. The van der Waals surface area contributed by atoms with Crippen LogP contribution in [-0.4, -0.2) is 19.5 Å². The lowest BCUT2D eigenvalue weighted by Gasteiger charge is -2.10. The number of aromatic nitrogens is 4. The van der Waals surface area contributed by atoms with Crippen molar-refractivity contribution in [1.29, 1.82) is 0 Å². The molecule has 5 aromatic rings. The summed E-state index contributed by atoms with van der Waals surface area (Å²) in [6.45, 7) is 7.29. The third-order valence-electron chi connectivity index (χ3n) is 5.62. The summed E-state index contributed by atoms with van der Waals surface area (Å²) >= 11 is 0. The maximum atomic E-state index is 4.81. The lowest BCUT2D eigenvalue weighted by atomic mass is 9.99. The molecular formula is C25H22N4. The van der Waals surface area contributed by atoms with Crippen LogP contribution in [0.2, 0.25) is 0 Å². The van der Waals surface area contributed by atoms with E-state index >= 15 is 0 Å². The van der Waals surface area contributed by atoms with E-state index in [0.717, 1.165) is 34.5 Å². The van der Waals surface area contributed by atoms with Gasteiger partial charge in [-0.3, -0.25) is 0 Å². The largest absolute Gasteiger partial charge is 0.326 e. The number of benzene rings is 2. The Kier molecular flexibility index (Phi) is 4.13. The maximum absolute atomic E-state index is 4.81. The first-order chi connectivity index (χ1) is 14.2. The van der Waals surface area contributed by atoms with Crippen molar-refractivity contribution in [2.45, 2.75) is 27.3 Å². The zero-order valence-corrected chi connectivity index (χ0v) is 16.8. The third kappa shape index (κ3) is 2.80. The molecule has 3 heterocycles. The van der Waals surface area contributed by atoms with Crippen LogP contribution < -0.4 is 0 Å². The Bertz CT molecular complexity index is 1340. The van der Waals surface area contributed by atoms with Crippen LogP contribution in [0.25, 0.3) is 44.5 Å². The van der Waals surface area contributed by atoms with Crippen LogP contribution >= 0.6 is 0 Å². The molecule has 29 heavy (non-hydrogen) atoms. The summed E-state index contributed by atoms with van der Waals surface area (Å²) in [7, 11) is 0. The molecule has 3 aromatic heterocycles. The highest BCUT2D eigenvalue weighted by Crippen LogP contribution is 2.32. The fourth-order valence-electron chi connectivity index (χ4n) is 4.25. The molecule has 0 saturated heterocycles. The van der Waals surface area contributed by atoms with Crippen molar-refractivity contribution in [2.75, 3.05) is 0 Å². The first-order valence-corrected chi connectivity index (χ1v) is 9.93. The van der Waals surface area contributed by atoms with Gasteiger partial charge in [0.15, 0.2) is 0 Å². The number of hydrogen-bond donors (Lipinski definition) is 0. The Morgan fingerprint density at radius 3 is 2.34 bits per heavy atom. The van der Waals surface area contributed by atoms with Crippen molar-refractivity contribution in [3.8, 4) is 22.5 Å². The highest BCUT2D eigenvalue weighted by Gasteiger charge is 2.13. The molecule has 0 radical (unpaired) electrons. The molecule has 0 aliphatic heterocycles. The number of rotatable bonds is 3. The second-order valence-electron chi connectivity index (χ2n) is 7.41. The van der Waals surface area contributed by atoms with E-state index in [-0.39, 0.29) is 0 Å². The van der Waals surface area contributed by atoms with Gasteiger partial charge in [-0.05, 0) is 50.1 Å². The van der Waals surface area contributed by atoms with Crippen LogP contribution in [-0.2, 0) is 6.54 Å². The van der Waals surface area contributed by atoms with Crippen molar-refractivity contribution in [3.05, 3.63) is 78.2 Å². The molecule has 2 aromatic carbocycles. The van der Waals surface area contributed by atoms with Crippen molar-refractivity contribution in [3.63, 3.8) is 0 Å². The van der Waals surface area contributed by atoms with Gasteiger partial charge in [-0.15, -0.1) is 0 Å². The molecule has 4 nitrogen and oxygen atoms in total. The van der Waals surface area contributed by atoms with Gasteiger partial charge in [0.1, 0.15) is 12.0 Å². The van der Waals surface area contributed by atoms with Gasteiger partial charge in [-0.25, -0.2) is 15.0 Å². The van der Waals surface area contributed by atoms with Gasteiger partial charge >= 0.3 is 0 Å². The molecule has 0 atom stereocenters. The van der Waals surface area contributed by atoms with Crippen molar-refractivity contribution in [2.24, 2.45) is 0 Å². The van der Waals surface area contributed by atoms with Gasteiger partial charge in [-0.1, -0.05) is 36.4 Å². The molecule has 5 rings (SSSR count). The number of hydrogen-bond acceptors (Lipinski definition) is 3. The number of aryl methyl sites for hydroxylation is 3. The first-order valence-electron chi connectivity index (χ1n) is 9.93. The summed E-state index contributed by atoms with van der Waals surface area (Å²) in [5.74, 6) is 0. The summed E-state index contributed by atoms with van der Waals surface area (Å²) in [4.78, 5) is 13.9.